The Kier molecular flexibility index (Phi) is 9.38. The molecule has 0 bridgehead atoms. The zero-order valence-electron chi connectivity index (χ0n) is 13.7. The van der Waals surface area contributed by atoms with Crippen LogP contribution in [0.2, 0.25) is 0 Å². The molecule has 0 amide bonds. The lowest BCUT2D eigenvalue weighted by Crippen LogP contribution is -2.24. The average Bonchev–Trinajstić information content (AvgIpc) is 2.87. The van der Waals surface area contributed by atoms with E-state index < -0.39 is 0 Å². The Bertz CT molecular complexity index is 333. The molecule has 0 aliphatic carbocycles. The molecule has 3 nitrogen and oxygen atoms in total. The molecule has 0 spiro atoms. The topological polar surface area (TPSA) is 29.9 Å². The molecule has 1 heterocycles. The van der Waals surface area contributed by atoms with Crippen molar-refractivity contribution in [2.75, 3.05) is 6.54 Å². The number of imidazole rings is 1. The van der Waals surface area contributed by atoms with Crippen molar-refractivity contribution in [1.29, 1.82) is 0 Å². The maximum absolute atomic E-state index is 4.25. The van der Waals surface area contributed by atoms with E-state index in [1.54, 1.807) is 0 Å². The van der Waals surface area contributed by atoms with Crippen molar-refractivity contribution in [3.63, 3.8) is 0 Å². The monoisotopic (exact) mass is 279 g/mol. The van der Waals surface area contributed by atoms with E-state index in [0.29, 0.717) is 6.04 Å². The van der Waals surface area contributed by atoms with Crippen LogP contribution in [0, 0.1) is 0 Å². The van der Waals surface area contributed by atoms with Gasteiger partial charge in [0.15, 0.2) is 0 Å². The lowest BCUT2D eigenvalue weighted by Gasteiger charge is -2.19. The Morgan fingerprint density at radius 2 is 1.75 bits per heavy atom. The van der Waals surface area contributed by atoms with Crippen molar-refractivity contribution in [1.82, 2.24) is 14.9 Å². The molecule has 0 aromatic carbocycles. The van der Waals surface area contributed by atoms with E-state index in [4.69, 9.17) is 0 Å². The first-order valence-corrected chi connectivity index (χ1v) is 8.49. The molecule has 0 saturated heterocycles. The predicted octanol–water partition coefficient (Wildman–Crippen LogP) is 4.60. The summed E-state index contributed by atoms with van der Waals surface area (Å²) in [4.78, 5) is 4.25. The smallest absolute Gasteiger partial charge is 0.0946 e. The van der Waals surface area contributed by atoms with Crippen LogP contribution in [-0.2, 0) is 7.05 Å². The summed E-state index contributed by atoms with van der Waals surface area (Å²) in [6.45, 7) is 5.59. The van der Waals surface area contributed by atoms with Gasteiger partial charge in [-0.3, -0.25) is 0 Å². The molecule has 20 heavy (non-hydrogen) atoms. The van der Waals surface area contributed by atoms with Gasteiger partial charge in [-0.1, -0.05) is 58.8 Å². The average molecular weight is 279 g/mol. The van der Waals surface area contributed by atoms with Crippen LogP contribution in [0.1, 0.15) is 83.4 Å². The Morgan fingerprint density at radius 1 is 1.05 bits per heavy atom. The third-order valence-electron chi connectivity index (χ3n) is 3.95. The third kappa shape index (κ3) is 6.56. The summed E-state index contributed by atoms with van der Waals surface area (Å²) in [5.74, 6) is 0. The summed E-state index contributed by atoms with van der Waals surface area (Å²) in [7, 11) is 2.09. The van der Waals surface area contributed by atoms with Gasteiger partial charge in [0.1, 0.15) is 0 Å². The summed E-state index contributed by atoms with van der Waals surface area (Å²) in [6, 6.07) is 0.470. The fraction of sp³-hybridized carbons (Fsp3) is 0.824. The largest absolute Gasteiger partial charge is 0.336 e. The van der Waals surface area contributed by atoms with Crippen molar-refractivity contribution in [3.05, 3.63) is 18.2 Å². The highest BCUT2D eigenvalue weighted by Gasteiger charge is 2.13. The quantitative estimate of drug-likeness (QED) is 0.567. The van der Waals surface area contributed by atoms with E-state index in [0.717, 1.165) is 6.54 Å². The second-order valence-electron chi connectivity index (χ2n) is 5.85. The second kappa shape index (κ2) is 10.9. The van der Waals surface area contributed by atoms with Crippen molar-refractivity contribution in [2.45, 2.75) is 77.7 Å². The summed E-state index contributed by atoms with van der Waals surface area (Å²) < 4.78 is 2.15. The minimum absolute atomic E-state index is 0.470. The summed E-state index contributed by atoms with van der Waals surface area (Å²) in [5, 5.41) is 3.66. The van der Waals surface area contributed by atoms with Gasteiger partial charge in [0.05, 0.1) is 12.0 Å². The third-order valence-corrected chi connectivity index (χ3v) is 3.95. The lowest BCUT2D eigenvalue weighted by molar-refractivity contribution is 0.449. The van der Waals surface area contributed by atoms with Crippen LogP contribution in [0.3, 0.4) is 0 Å². The van der Waals surface area contributed by atoms with E-state index >= 15 is 0 Å². The molecule has 1 N–H and O–H groups in total. The first kappa shape index (κ1) is 17.2. The highest BCUT2D eigenvalue weighted by molar-refractivity contribution is 5.04. The molecule has 0 fully saturated rings. The molecular weight excluding hydrogens is 246 g/mol. The van der Waals surface area contributed by atoms with Gasteiger partial charge >= 0.3 is 0 Å². The van der Waals surface area contributed by atoms with Crippen LogP contribution < -0.4 is 5.32 Å². The fourth-order valence-corrected chi connectivity index (χ4v) is 2.68. The predicted molar refractivity (Wildman–Crippen MR) is 86.9 cm³/mol. The zero-order valence-corrected chi connectivity index (χ0v) is 13.7. The SMILES string of the molecule is CCCCCCCCCC(NCCC)c1cncn1C. The van der Waals surface area contributed by atoms with Gasteiger partial charge in [-0.15, -0.1) is 0 Å². The zero-order chi connectivity index (χ0) is 14.6. The Labute approximate surface area is 125 Å². The first-order chi connectivity index (χ1) is 9.79. The molecule has 0 aliphatic heterocycles. The molecule has 116 valence electrons. The fourth-order valence-electron chi connectivity index (χ4n) is 2.68. The number of aryl methyl sites for hydroxylation is 1. The van der Waals surface area contributed by atoms with Crippen LogP contribution >= 0.6 is 0 Å². The molecule has 1 aromatic rings. The number of nitrogens with zero attached hydrogens (tertiary/aromatic N) is 2. The highest BCUT2D eigenvalue weighted by atomic mass is 15.1. The van der Waals surface area contributed by atoms with Gasteiger partial charge in [0.25, 0.3) is 0 Å². The van der Waals surface area contributed by atoms with E-state index in [9.17, 15) is 0 Å². The number of rotatable bonds is 12. The van der Waals surface area contributed by atoms with E-state index in [1.807, 2.05) is 12.5 Å². The van der Waals surface area contributed by atoms with Gasteiger partial charge < -0.3 is 9.88 Å². The Morgan fingerprint density at radius 3 is 2.35 bits per heavy atom. The number of unbranched alkanes of at least 4 members (excludes halogenated alkanes) is 6. The number of hydrogen-bond acceptors (Lipinski definition) is 2. The summed E-state index contributed by atoms with van der Waals surface area (Å²) in [6.07, 6.45) is 16.0. The van der Waals surface area contributed by atoms with E-state index in [-0.39, 0.29) is 0 Å². The second-order valence-corrected chi connectivity index (χ2v) is 5.85. The number of aromatic nitrogens is 2. The van der Waals surface area contributed by atoms with Crippen LogP contribution in [0.4, 0.5) is 0 Å². The molecule has 0 aliphatic rings. The van der Waals surface area contributed by atoms with Gasteiger partial charge in [-0.25, -0.2) is 4.98 Å². The Hall–Kier alpha value is -0.830. The minimum atomic E-state index is 0.470. The van der Waals surface area contributed by atoms with Crippen molar-refractivity contribution >= 4 is 0 Å². The van der Waals surface area contributed by atoms with Gasteiger partial charge in [0, 0.05) is 19.3 Å². The van der Waals surface area contributed by atoms with Crippen molar-refractivity contribution in [3.8, 4) is 0 Å². The standard InChI is InChI=1S/C17H33N3/c1-4-6-7-8-9-10-11-12-16(19-13-5-2)17-14-18-15-20(17)3/h14-16,19H,4-13H2,1-3H3. The molecule has 0 saturated carbocycles. The number of hydrogen-bond donors (Lipinski definition) is 1. The van der Waals surface area contributed by atoms with Crippen LogP contribution in [0.15, 0.2) is 12.5 Å². The molecule has 3 heteroatoms. The minimum Gasteiger partial charge on any atom is -0.336 e. The maximum atomic E-state index is 4.25. The lowest BCUT2D eigenvalue weighted by atomic mass is 10.0. The number of nitrogens with one attached hydrogen (secondary N) is 1. The molecule has 1 unspecified atom stereocenters. The van der Waals surface area contributed by atoms with Crippen molar-refractivity contribution < 1.29 is 0 Å². The van der Waals surface area contributed by atoms with E-state index in [2.05, 4.69) is 35.8 Å². The summed E-state index contributed by atoms with van der Waals surface area (Å²) >= 11 is 0. The molecule has 0 radical (unpaired) electrons. The first-order valence-electron chi connectivity index (χ1n) is 8.49. The van der Waals surface area contributed by atoms with Gasteiger partial charge in [0.2, 0.25) is 0 Å². The highest BCUT2D eigenvalue weighted by Crippen LogP contribution is 2.20. The normalized spacial score (nSPS) is 12.8. The van der Waals surface area contributed by atoms with Crippen LogP contribution in [-0.4, -0.2) is 16.1 Å². The van der Waals surface area contributed by atoms with Gasteiger partial charge in [-0.05, 0) is 19.4 Å². The van der Waals surface area contributed by atoms with Crippen molar-refractivity contribution in [2.24, 2.45) is 7.05 Å². The van der Waals surface area contributed by atoms with Crippen LogP contribution in [0.25, 0.3) is 0 Å². The van der Waals surface area contributed by atoms with Crippen LogP contribution in [0.5, 0.6) is 0 Å². The Balaban J connectivity index is 2.26. The molecular formula is C17H33N3. The van der Waals surface area contributed by atoms with E-state index in [1.165, 1.54) is 63.5 Å². The maximum Gasteiger partial charge on any atom is 0.0946 e. The molecule has 1 rings (SSSR count). The molecule has 1 atom stereocenters. The van der Waals surface area contributed by atoms with Gasteiger partial charge in [-0.2, -0.15) is 0 Å². The summed E-state index contributed by atoms with van der Waals surface area (Å²) in [5.41, 5.74) is 1.32. The molecule has 1 aromatic heterocycles.